The number of esters is 1. The van der Waals surface area contributed by atoms with Gasteiger partial charge in [-0.25, -0.2) is 0 Å². The summed E-state index contributed by atoms with van der Waals surface area (Å²) in [6.07, 6.45) is 3.84. The van der Waals surface area contributed by atoms with Crippen molar-refractivity contribution in [1.82, 2.24) is 0 Å². The number of benzene rings is 2. The molecule has 1 fully saturated rings. The Bertz CT molecular complexity index is 974. The van der Waals surface area contributed by atoms with Crippen molar-refractivity contribution < 1.29 is 19.2 Å². The first-order valence-corrected chi connectivity index (χ1v) is 10.3. The quantitative estimate of drug-likeness (QED) is 0.423. The third-order valence-corrected chi connectivity index (χ3v) is 6.10. The molecule has 7 heteroatoms. The van der Waals surface area contributed by atoms with Crippen molar-refractivity contribution in [3.05, 3.63) is 69.8 Å². The van der Waals surface area contributed by atoms with E-state index in [1.54, 1.807) is 23.1 Å². The summed E-state index contributed by atoms with van der Waals surface area (Å²) in [6, 6.07) is 14.1. The number of hydrogen-bond acceptors (Lipinski definition) is 5. The molecule has 2 aromatic rings. The standard InChI is InChI=1S/C23H24N2O5/c26-22(24-14-13-16-7-1-5-11-20(16)24)18-9-3-4-10-19(18)23(27)30-15-17-8-2-6-12-21(17)25(28)29/h1-2,5-8,11-12,18-19H,3-4,9-10,13-15H2. The number of anilines is 1. The summed E-state index contributed by atoms with van der Waals surface area (Å²) in [7, 11) is 0. The number of ether oxygens (including phenoxy) is 1. The van der Waals surface area contributed by atoms with Crippen LogP contribution in [0.1, 0.15) is 36.8 Å². The van der Waals surface area contributed by atoms with E-state index in [9.17, 15) is 19.7 Å². The largest absolute Gasteiger partial charge is 0.460 e. The van der Waals surface area contributed by atoms with Crippen LogP contribution >= 0.6 is 0 Å². The van der Waals surface area contributed by atoms with E-state index in [1.807, 2.05) is 24.3 Å². The zero-order chi connectivity index (χ0) is 21.1. The molecule has 1 aliphatic carbocycles. The first kappa shape index (κ1) is 20.1. The van der Waals surface area contributed by atoms with Gasteiger partial charge in [-0.05, 0) is 37.0 Å². The zero-order valence-electron chi connectivity index (χ0n) is 16.7. The molecule has 0 spiro atoms. The third-order valence-electron chi connectivity index (χ3n) is 6.10. The molecule has 1 saturated carbocycles. The molecule has 30 heavy (non-hydrogen) atoms. The number of hydrogen-bond donors (Lipinski definition) is 0. The van der Waals surface area contributed by atoms with Crippen LogP contribution in [-0.2, 0) is 27.4 Å². The highest BCUT2D eigenvalue weighted by atomic mass is 16.6. The van der Waals surface area contributed by atoms with Gasteiger partial charge in [0.25, 0.3) is 5.69 Å². The Hall–Kier alpha value is -3.22. The second-order valence-corrected chi connectivity index (χ2v) is 7.86. The van der Waals surface area contributed by atoms with Gasteiger partial charge in [0, 0.05) is 18.3 Å². The molecule has 0 bridgehead atoms. The summed E-state index contributed by atoms with van der Waals surface area (Å²) >= 11 is 0. The smallest absolute Gasteiger partial charge is 0.310 e. The second-order valence-electron chi connectivity index (χ2n) is 7.86. The van der Waals surface area contributed by atoms with Crippen LogP contribution in [0.25, 0.3) is 0 Å². The molecule has 1 aliphatic heterocycles. The van der Waals surface area contributed by atoms with Gasteiger partial charge in [0.2, 0.25) is 5.91 Å². The number of carbonyl (C=O) groups is 2. The number of fused-ring (bicyclic) bond motifs is 1. The first-order valence-electron chi connectivity index (χ1n) is 10.3. The fourth-order valence-corrected chi connectivity index (χ4v) is 4.54. The predicted octanol–water partition coefficient (Wildman–Crippen LogP) is 4.03. The number of nitrogens with zero attached hydrogens (tertiary/aromatic N) is 2. The average Bonchev–Trinajstić information content (AvgIpc) is 3.21. The van der Waals surface area contributed by atoms with Crippen molar-refractivity contribution in [2.75, 3.05) is 11.4 Å². The summed E-state index contributed by atoms with van der Waals surface area (Å²) in [6.45, 7) is 0.465. The highest BCUT2D eigenvalue weighted by Gasteiger charge is 2.40. The molecule has 2 aliphatic rings. The number of carbonyl (C=O) groups excluding carboxylic acids is 2. The van der Waals surface area contributed by atoms with Crippen molar-refractivity contribution in [3.8, 4) is 0 Å². The third kappa shape index (κ3) is 3.92. The van der Waals surface area contributed by atoms with Gasteiger partial charge >= 0.3 is 5.97 Å². The molecule has 156 valence electrons. The van der Waals surface area contributed by atoms with Crippen molar-refractivity contribution in [3.63, 3.8) is 0 Å². The molecule has 7 nitrogen and oxygen atoms in total. The molecule has 0 radical (unpaired) electrons. The highest BCUT2D eigenvalue weighted by Crippen LogP contribution is 2.36. The lowest BCUT2D eigenvalue weighted by atomic mass is 9.78. The minimum atomic E-state index is -0.512. The number of rotatable bonds is 5. The lowest BCUT2D eigenvalue weighted by Gasteiger charge is -2.32. The van der Waals surface area contributed by atoms with E-state index in [-0.39, 0.29) is 18.2 Å². The van der Waals surface area contributed by atoms with Crippen LogP contribution < -0.4 is 4.90 Å². The molecule has 1 heterocycles. The molecule has 0 aromatic heterocycles. The number of nitro groups is 1. The van der Waals surface area contributed by atoms with E-state index in [0.29, 0.717) is 24.9 Å². The van der Waals surface area contributed by atoms with Crippen LogP contribution in [0.4, 0.5) is 11.4 Å². The van der Waals surface area contributed by atoms with E-state index in [0.717, 1.165) is 30.5 Å². The number of nitro benzene ring substituents is 1. The van der Waals surface area contributed by atoms with Gasteiger partial charge < -0.3 is 9.64 Å². The maximum atomic E-state index is 13.3. The summed E-state index contributed by atoms with van der Waals surface area (Å²) in [5.74, 6) is -1.39. The van der Waals surface area contributed by atoms with Gasteiger partial charge in [0.15, 0.2) is 0 Å². The van der Waals surface area contributed by atoms with Crippen molar-refractivity contribution in [2.24, 2.45) is 11.8 Å². The van der Waals surface area contributed by atoms with Gasteiger partial charge in [-0.2, -0.15) is 0 Å². The summed E-state index contributed by atoms with van der Waals surface area (Å²) in [5.41, 5.74) is 2.36. The highest BCUT2D eigenvalue weighted by molar-refractivity contribution is 5.99. The van der Waals surface area contributed by atoms with Crippen LogP contribution in [0.3, 0.4) is 0 Å². The Labute approximate surface area is 174 Å². The van der Waals surface area contributed by atoms with Crippen LogP contribution in [0.5, 0.6) is 0 Å². The minimum Gasteiger partial charge on any atom is -0.460 e. The van der Waals surface area contributed by atoms with Gasteiger partial charge in [-0.15, -0.1) is 0 Å². The monoisotopic (exact) mass is 408 g/mol. The molecular weight excluding hydrogens is 384 g/mol. The van der Waals surface area contributed by atoms with E-state index in [1.165, 1.54) is 6.07 Å². The van der Waals surface area contributed by atoms with E-state index in [2.05, 4.69) is 0 Å². The number of amides is 1. The Morgan fingerprint density at radius 2 is 1.73 bits per heavy atom. The number of para-hydroxylation sites is 2. The molecule has 0 saturated heterocycles. The van der Waals surface area contributed by atoms with E-state index >= 15 is 0 Å². The maximum Gasteiger partial charge on any atom is 0.310 e. The summed E-state index contributed by atoms with van der Waals surface area (Å²) < 4.78 is 5.46. The molecule has 0 N–H and O–H groups in total. The topological polar surface area (TPSA) is 89.7 Å². The average molecular weight is 408 g/mol. The normalized spacial score (nSPS) is 20.5. The molecular formula is C23H24N2O5. The molecule has 2 atom stereocenters. The van der Waals surface area contributed by atoms with Crippen molar-refractivity contribution in [1.29, 1.82) is 0 Å². The Kier molecular flexibility index (Phi) is 5.79. The van der Waals surface area contributed by atoms with E-state index in [4.69, 9.17) is 4.74 Å². The Morgan fingerprint density at radius 3 is 2.53 bits per heavy atom. The van der Waals surface area contributed by atoms with Gasteiger partial charge in [-0.3, -0.25) is 19.7 Å². The second kappa shape index (κ2) is 8.65. The lowest BCUT2D eigenvalue weighted by molar-refractivity contribution is -0.385. The van der Waals surface area contributed by atoms with Gasteiger partial charge in [0.1, 0.15) is 6.61 Å². The van der Waals surface area contributed by atoms with Crippen LogP contribution in [0.2, 0.25) is 0 Å². The molecule has 2 aromatic carbocycles. The molecule has 4 rings (SSSR count). The van der Waals surface area contributed by atoms with Crippen LogP contribution in [0.15, 0.2) is 48.5 Å². The van der Waals surface area contributed by atoms with Gasteiger partial charge in [-0.1, -0.05) is 43.2 Å². The Morgan fingerprint density at radius 1 is 1.03 bits per heavy atom. The predicted molar refractivity (Wildman–Crippen MR) is 111 cm³/mol. The van der Waals surface area contributed by atoms with Crippen LogP contribution in [-0.4, -0.2) is 23.3 Å². The maximum absolute atomic E-state index is 13.3. The fraction of sp³-hybridized carbons (Fsp3) is 0.391. The van der Waals surface area contributed by atoms with Crippen molar-refractivity contribution >= 4 is 23.3 Å². The Balaban J connectivity index is 1.47. The zero-order valence-corrected chi connectivity index (χ0v) is 16.7. The SMILES string of the molecule is O=C(OCc1ccccc1[N+](=O)[O-])C1CCCCC1C(=O)N1CCc2ccccc21. The minimum absolute atomic E-state index is 0.0210. The summed E-state index contributed by atoms with van der Waals surface area (Å²) in [5, 5.41) is 11.2. The van der Waals surface area contributed by atoms with Gasteiger partial charge in [0.05, 0.1) is 22.3 Å². The summed E-state index contributed by atoms with van der Waals surface area (Å²) in [4.78, 5) is 38.7. The first-order chi connectivity index (χ1) is 14.6. The van der Waals surface area contributed by atoms with Crippen molar-refractivity contribution in [2.45, 2.75) is 38.7 Å². The van der Waals surface area contributed by atoms with E-state index < -0.39 is 22.7 Å². The fourth-order valence-electron chi connectivity index (χ4n) is 4.54. The van der Waals surface area contributed by atoms with Crippen LogP contribution in [0, 0.1) is 22.0 Å². The lowest BCUT2D eigenvalue weighted by Crippen LogP contribution is -2.42. The molecule has 2 unspecified atom stereocenters. The molecule has 1 amide bonds.